The predicted octanol–water partition coefficient (Wildman–Crippen LogP) is 0.867. The van der Waals surface area contributed by atoms with Crippen LogP contribution in [0.15, 0.2) is 14.8 Å². The van der Waals surface area contributed by atoms with E-state index >= 15 is 0 Å². The van der Waals surface area contributed by atoms with E-state index < -0.39 is 16.0 Å². The van der Waals surface area contributed by atoms with E-state index in [-0.39, 0.29) is 16.3 Å². The van der Waals surface area contributed by atoms with Crippen LogP contribution in [0.2, 0.25) is 0 Å². The van der Waals surface area contributed by atoms with Crippen LogP contribution in [-0.2, 0) is 29.5 Å². The topological polar surface area (TPSA) is 122 Å². The molecule has 0 fully saturated rings. The summed E-state index contributed by atoms with van der Waals surface area (Å²) in [6.07, 6.45) is 0.505. The molecule has 0 aromatic carbocycles. The molecule has 0 atom stereocenters. The van der Waals surface area contributed by atoms with E-state index in [0.29, 0.717) is 36.5 Å². The molecule has 0 bridgehead atoms. The van der Waals surface area contributed by atoms with Crippen molar-refractivity contribution in [1.82, 2.24) is 15.2 Å². The van der Waals surface area contributed by atoms with Crippen LogP contribution < -0.4 is 10.0 Å². The van der Waals surface area contributed by atoms with Crippen LogP contribution in [0.3, 0.4) is 0 Å². The van der Waals surface area contributed by atoms with Gasteiger partial charge in [-0.25, -0.2) is 17.9 Å². The molecule has 23 heavy (non-hydrogen) atoms. The Balaban J connectivity index is 1.93. The summed E-state index contributed by atoms with van der Waals surface area (Å²) < 4.78 is 32.1. The maximum Gasteiger partial charge on any atom is 0.338 e. The van der Waals surface area contributed by atoms with Gasteiger partial charge >= 0.3 is 5.97 Å². The molecule has 0 saturated heterocycles. The molecular weight excluding hydrogens is 342 g/mol. The largest absolute Gasteiger partial charge is 0.478 e. The summed E-state index contributed by atoms with van der Waals surface area (Å²) in [4.78, 5) is 12.3. The molecule has 0 radical (unpaired) electrons. The lowest BCUT2D eigenvalue weighted by Crippen LogP contribution is -2.25. The Morgan fingerprint density at radius 3 is 3.00 bits per heavy atom. The number of nitrogens with zero attached hydrogens (tertiary/aromatic N) is 1. The predicted molar refractivity (Wildman–Crippen MR) is 82.0 cm³/mol. The third-order valence-corrected chi connectivity index (χ3v) is 6.63. The molecule has 0 amide bonds. The standard InChI is InChI=1S/C13H15N3O5S2/c1-7-4-8(16-21-7)5-15-23(19,20)13-11(12(17)18)9-2-3-14-6-10(9)22-13/h4,14-15H,2-3,5-6H2,1H3,(H,17,18). The van der Waals surface area contributed by atoms with E-state index in [4.69, 9.17) is 4.52 Å². The van der Waals surface area contributed by atoms with Crippen LogP contribution in [0.1, 0.15) is 32.3 Å². The van der Waals surface area contributed by atoms with Gasteiger partial charge in [0.25, 0.3) is 10.0 Å². The highest BCUT2D eigenvalue weighted by molar-refractivity contribution is 7.91. The van der Waals surface area contributed by atoms with Gasteiger partial charge in [0.15, 0.2) is 0 Å². The van der Waals surface area contributed by atoms with Crippen molar-refractivity contribution in [2.75, 3.05) is 6.54 Å². The van der Waals surface area contributed by atoms with Gasteiger partial charge in [-0.2, -0.15) is 0 Å². The van der Waals surface area contributed by atoms with Gasteiger partial charge in [-0.3, -0.25) is 0 Å². The third kappa shape index (κ3) is 3.15. The number of carbonyl (C=O) groups is 1. The summed E-state index contributed by atoms with van der Waals surface area (Å²) in [5.74, 6) is -0.648. The van der Waals surface area contributed by atoms with Crippen molar-refractivity contribution in [2.45, 2.75) is 30.6 Å². The van der Waals surface area contributed by atoms with Crippen molar-refractivity contribution in [3.05, 3.63) is 33.5 Å². The monoisotopic (exact) mass is 357 g/mol. The second kappa shape index (κ2) is 6.04. The lowest BCUT2D eigenvalue weighted by Gasteiger charge is -2.12. The van der Waals surface area contributed by atoms with Gasteiger partial charge in [0, 0.05) is 17.5 Å². The van der Waals surface area contributed by atoms with Gasteiger partial charge in [-0.05, 0) is 25.5 Å². The minimum absolute atomic E-state index is 0.0560. The molecule has 0 unspecified atom stereocenters. The van der Waals surface area contributed by atoms with E-state index in [1.807, 2.05) is 0 Å². The molecule has 3 rings (SSSR count). The van der Waals surface area contributed by atoms with E-state index in [9.17, 15) is 18.3 Å². The zero-order valence-corrected chi connectivity index (χ0v) is 13.9. The lowest BCUT2D eigenvalue weighted by molar-refractivity contribution is 0.0692. The molecule has 1 aliphatic heterocycles. The van der Waals surface area contributed by atoms with Gasteiger partial charge < -0.3 is 14.9 Å². The van der Waals surface area contributed by atoms with Crippen molar-refractivity contribution in [1.29, 1.82) is 0 Å². The molecule has 0 spiro atoms. The van der Waals surface area contributed by atoms with Gasteiger partial charge in [0.1, 0.15) is 9.97 Å². The van der Waals surface area contributed by atoms with Crippen molar-refractivity contribution in [3.8, 4) is 0 Å². The van der Waals surface area contributed by atoms with Crippen LogP contribution in [0.25, 0.3) is 0 Å². The fourth-order valence-electron chi connectivity index (χ4n) is 2.45. The molecule has 2 aromatic heterocycles. The number of thiophene rings is 1. The highest BCUT2D eigenvalue weighted by Crippen LogP contribution is 2.34. The number of carboxylic acids is 1. The molecule has 124 valence electrons. The molecule has 1 aliphatic rings. The number of nitrogens with one attached hydrogen (secondary N) is 2. The molecule has 0 aliphatic carbocycles. The average Bonchev–Trinajstić information content (AvgIpc) is 3.09. The first-order chi connectivity index (χ1) is 10.9. The zero-order valence-electron chi connectivity index (χ0n) is 12.2. The van der Waals surface area contributed by atoms with Gasteiger partial charge in [0.05, 0.1) is 17.8 Å². The Kier molecular flexibility index (Phi) is 4.23. The number of aromatic carboxylic acids is 1. The van der Waals surface area contributed by atoms with E-state index in [1.165, 1.54) is 0 Å². The summed E-state index contributed by atoms with van der Waals surface area (Å²) in [7, 11) is -3.94. The van der Waals surface area contributed by atoms with Crippen LogP contribution in [0.4, 0.5) is 0 Å². The summed E-state index contributed by atoms with van der Waals surface area (Å²) >= 11 is 1.000. The molecule has 3 N–H and O–H groups in total. The second-order valence-corrected chi connectivity index (χ2v) is 8.22. The quantitative estimate of drug-likeness (QED) is 0.726. The van der Waals surface area contributed by atoms with Gasteiger partial charge in [-0.1, -0.05) is 5.16 Å². The molecular formula is C13H15N3O5S2. The number of hydrogen-bond donors (Lipinski definition) is 3. The molecule has 3 heterocycles. The van der Waals surface area contributed by atoms with Crippen LogP contribution >= 0.6 is 11.3 Å². The number of fused-ring (bicyclic) bond motifs is 1. The third-order valence-electron chi connectivity index (χ3n) is 3.47. The number of aryl methyl sites for hydroxylation is 1. The van der Waals surface area contributed by atoms with E-state index in [2.05, 4.69) is 15.2 Å². The molecule has 0 saturated carbocycles. The van der Waals surface area contributed by atoms with Crippen LogP contribution in [0, 0.1) is 6.92 Å². The Morgan fingerprint density at radius 1 is 1.57 bits per heavy atom. The molecule has 8 nitrogen and oxygen atoms in total. The minimum Gasteiger partial charge on any atom is -0.478 e. The number of sulfonamides is 1. The highest BCUT2D eigenvalue weighted by Gasteiger charge is 2.31. The molecule has 2 aromatic rings. The summed E-state index contributed by atoms with van der Waals surface area (Å²) in [6.45, 7) is 2.76. The zero-order chi connectivity index (χ0) is 16.6. The smallest absolute Gasteiger partial charge is 0.338 e. The maximum atomic E-state index is 12.5. The highest BCUT2D eigenvalue weighted by atomic mass is 32.2. The summed E-state index contributed by atoms with van der Waals surface area (Å²) in [6, 6.07) is 1.62. The Bertz CT molecular complexity index is 853. The van der Waals surface area contributed by atoms with E-state index in [0.717, 1.165) is 16.2 Å². The summed E-state index contributed by atoms with van der Waals surface area (Å²) in [5, 5.41) is 16.3. The average molecular weight is 357 g/mol. The SMILES string of the molecule is Cc1cc(CNS(=O)(=O)c2sc3c(c2C(=O)O)CCNC3)no1. The number of hydrogen-bond acceptors (Lipinski definition) is 7. The Morgan fingerprint density at radius 2 is 2.35 bits per heavy atom. The number of aromatic nitrogens is 1. The second-order valence-electron chi connectivity index (χ2n) is 5.15. The molecule has 10 heteroatoms. The Hall–Kier alpha value is -1.75. The van der Waals surface area contributed by atoms with Crippen LogP contribution in [0.5, 0.6) is 0 Å². The van der Waals surface area contributed by atoms with Crippen molar-refractivity contribution in [3.63, 3.8) is 0 Å². The van der Waals surface area contributed by atoms with Crippen molar-refractivity contribution >= 4 is 27.3 Å². The first-order valence-electron chi connectivity index (χ1n) is 6.89. The number of carboxylic acid groups (broad SMARTS) is 1. The minimum atomic E-state index is -3.94. The fourth-order valence-corrected chi connectivity index (χ4v) is 5.35. The van der Waals surface area contributed by atoms with Gasteiger partial charge in [-0.15, -0.1) is 11.3 Å². The Labute approximate surface area is 136 Å². The van der Waals surface area contributed by atoms with E-state index in [1.54, 1.807) is 13.0 Å². The van der Waals surface area contributed by atoms with Gasteiger partial charge in [0.2, 0.25) is 0 Å². The maximum absolute atomic E-state index is 12.5. The fraction of sp³-hybridized carbons (Fsp3) is 0.385. The number of rotatable bonds is 5. The van der Waals surface area contributed by atoms with Crippen molar-refractivity contribution in [2.24, 2.45) is 0 Å². The normalized spacial score (nSPS) is 14.7. The first kappa shape index (κ1) is 16.1. The lowest BCUT2D eigenvalue weighted by atomic mass is 10.1. The first-order valence-corrected chi connectivity index (χ1v) is 9.19. The van der Waals surface area contributed by atoms with Crippen LogP contribution in [-0.4, -0.2) is 31.2 Å². The van der Waals surface area contributed by atoms with Crippen molar-refractivity contribution < 1.29 is 22.8 Å². The summed E-state index contributed by atoms with van der Waals surface area (Å²) in [5.41, 5.74) is 0.931.